The Morgan fingerprint density at radius 3 is 1.54 bits per heavy atom. The molecule has 0 bridgehead atoms. The molecule has 5 nitrogen and oxygen atoms in total. The molecule has 3 heterocycles. The van der Waals surface area contributed by atoms with Crippen molar-refractivity contribution in [1.29, 1.82) is 10.5 Å². The van der Waals surface area contributed by atoms with Crippen LogP contribution >= 0.6 is 22.7 Å². The molecule has 39 heavy (non-hydrogen) atoms. The fourth-order valence-corrected chi connectivity index (χ4v) is 6.62. The first-order valence-electron chi connectivity index (χ1n) is 12.3. The molecule has 0 amide bonds. The number of nitrogens with zero attached hydrogens (tertiary/aromatic N) is 5. The van der Waals surface area contributed by atoms with Gasteiger partial charge in [-0.15, -0.1) is 22.7 Å². The molecule has 0 aliphatic rings. The lowest BCUT2D eigenvalue weighted by atomic mass is 10.0. The zero-order valence-corrected chi connectivity index (χ0v) is 22.8. The summed E-state index contributed by atoms with van der Waals surface area (Å²) >= 11 is 3.00. The van der Waals surface area contributed by atoms with Crippen LogP contribution < -0.4 is 0 Å². The number of allylic oxidation sites excluding steroid dienone is 2. The lowest BCUT2D eigenvalue weighted by Crippen LogP contribution is -1.98. The molecular weight excluding hydrogens is 519 g/mol. The van der Waals surface area contributed by atoms with Gasteiger partial charge in [-0.25, -0.2) is 9.97 Å². The third-order valence-corrected chi connectivity index (χ3v) is 8.76. The normalized spacial score (nSPS) is 12.1. The molecule has 0 unspecified atom stereocenters. The maximum atomic E-state index is 10.2. The Labute approximate surface area is 233 Å². The van der Waals surface area contributed by atoms with E-state index in [0.717, 1.165) is 48.6 Å². The second-order valence-electron chi connectivity index (χ2n) is 8.98. The van der Waals surface area contributed by atoms with Crippen molar-refractivity contribution in [3.8, 4) is 17.8 Å². The highest BCUT2D eigenvalue weighted by Gasteiger charge is 2.20. The van der Waals surface area contributed by atoms with Crippen molar-refractivity contribution in [3.05, 3.63) is 111 Å². The second kappa shape index (κ2) is 10.2. The first-order valence-corrected chi connectivity index (χ1v) is 13.9. The molecule has 0 saturated heterocycles. The highest BCUT2D eigenvalue weighted by Crippen LogP contribution is 2.35. The molecule has 3 aromatic heterocycles. The molecule has 0 spiro atoms. The zero-order valence-electron chi connectivity index (χ0n) is 21.2. The highest BCUT2D eigenvalue weighted by atomic mass is 32.1. The third-order valence-electron chi connectivity index (χ3n) is 6.62. The molecule has 186 valence electrons. The lowest BCUT2D eigenvalue weighted by molar-refractivity contribution is 0.963. The largest absolute Gasteiger partial charge is 0.317 e. The Hall–Kier alpha value is -4.82. The monoisotopic (exact) mass is 539 g/mol. The Morgan fingerprint density at radius 1 is 0.667 bits per heavy atom. The van der Waals surface area contributed by atoms with Gasteiger partial charge in [0.25, 0.3) is 0 Å². The number of benzene rings is 3. The van der Waals surface area contributed by atoms with Crippen molar-refractivity contribution in [2.24, 2.45) is 0 Å². The second-order valence-corrected chi connectivity index (χ2v) is 11.0. The molecular formula is C32H21N5S2. The van der Waals surface area contributed by atoms with Gasteiger partial charge < -0.3 is 4.57 Å². The number of hydrogen-bond donors (Lipinski definition) is 0. The van der Waals surface area contributed by atoms with Gasteiger partial charge in [-0.3, -0.25) is 0 Å². The molecule has 0 aliphatic heterocycles. The predicted molar refractivity (Wildman–Crippen MR) is 161 cm³/mol. The lowest BCUT2D eigenvalue weighted by Gasteiger charge is -2.09. The summed E-state index contributed by atoms with van der Waals surface area (Å²) in [6, 6.07) is 30.6. The summed E-state index contributed by atoms with van der Waals surface area (Å²) in [6.45, 7) is 4.08. The Balaban J connectivity index is 1.58. The molecule has 6 aromatic rings. The Bertz CT molecular complexity index is 1820. The molecule has 7 heteroatoms. The summed E-state index contributed by atoms with van der Waals surface area (Å²) in [4.78, 5) is 9.44. The summed E-state index contributed by atoms with van der Waals surface area (Å²) in [5.41, 5.74) is 7.42. The molecule has 0 atom stereocenters. The summed E-state index contributed by atoms with van der Waals surface area (Å²) in [6.07, 6.45) is 3.80. The van der Waals surface area contributed by atoms with Crippen LogP contribution in [0.5, 0.6) is 0 Å². The van der Waals surface area contributed by atoms with Crippen LogP contribution in [-0.2, 0) is 0 Å². The Kier molecular flexibility index (Phi) is 6.38. The van der Waals surface area contributed by atoms with Gasteiger partial charge in [-0.1, -0.05) is 42.5 Å². The van der Waals surface area contributed by atoms with E-state index in [4.69, 9.17) is 9.97 Å². The number of hydrogen-bond acceptors (Lipinski definition) is 6. The van der Waals surface area contributed by atoms with Crippen molar-refractivity contribution in [2.45, 2.75) is 13.8 Å². The highest BCUT2D eigenvalue weighted by molar-refractivity contribution is 7.20. The molecule has 0 saturated carbocycles. The maximum Gasteiger partial charge on any atom is 0.135 e. The average Bonchev–Trinajstić information content (AvgIpc) is 3.65. The van der Waals surface area contributed by atoms with Crippen LogP contribution in [0.15, 0.2) is 78.9 Å². The van der Waals surface area contributed by atoms with Crippen LogP contribution in [-0.4, -0.2) is 14.5 Å². The number of aromatic nitrogens is 3. The molecule has 0 N–H and O–H groups in total. The van der Waals surface area contributed by atoms with Crippen LogP contribution in [0, 0.1) is 36.5 Å². The van der Waals surface area contributed by atoms with E-state index in [-0.39, 0.29) is 0 Å². The van der Waals surface area contributed by atoms with Crippen LogP contribution in [0.25, 0.3) is 49.4 Å². The van der Waals surface area contributed by atoms with E-state index in [0.29, 0.717) is 21.2 Å². The van der Waals surface area contributed by atoms with Gasteiger partial charge in [0.2, 0.25) is 0 Å². The van der Waals surface area contributed by atoms with Crippen LogP contribution in [0.4, 0.5) is 0 Å². The molecule has 0 fully saturated rings. The van der Waals surface area contributed by atoms with Gasteiger partial charge in [0.15, 0.2) is 0 Å². The Morgan fingerprint density at radius 2 is 1.10 bits per heavy atom. The summed E-state index contributed by atoms with van der Waals surface area (Å²) in [7, 11) is 0. The quantitative estimate of drug-likeness (QED) is 0.206. The average molecular weight is 540 g/mol. The van der Waals surface area contributed by atoms with E-state index in [1.165, 1.54) is 22.7 Å². The van der Waals surface area contributed by atoms with Crippen LogP contribution in [0.3, 0.4) is 0 Å². The number of fused-ring (bicyclic) bond motifs is 2. The van der Waals surface area contributed by atoms with Crippen molar-refractivity contribution in [3.63, 3.8) is 0 Å². The van der Waals surface area contributed by atoms with E-state index in [1.54, 1.807) is 0 Å². The van der Waals surface area contributed by atoms with E-state index < -0.39 is 0 Å². The number of thiazole rings is 2. The molecule has 6 rings (SSSR count). The predicted octanol–water partition coefficient (Wildman–Crippen LogP) is 8.44. The smallest absolute Gasteiger partial charge is 0.135 e. The number of rotatable bonds is 5. The van der Waals surface area contributed by atoms with Gasteiger partial charge in [0.05, 0.1) is 31.6 Å². The standard InChI is InChI=1S/C32H21N5S2/c1-20-25(16-22(18-33)31-35-27-12-6-8-14-29(27)38-31)26(21(2)37(20)24-10-4-3-5-11-24)17-23(19-34)32-36-28-13-7-9-15-30(28)39-32/h3-17H,1-2H3/b22-16-,23-17-. The van der Waals surface area contributed by atoms with E-state index in [1.807, 2.05) is 92.7 Å². The van der Waals surface area contributed by atoms with Gasteiger partial charge in [-0.2, -0.15) is 10.5 Å². The van der Waals surface area contributed by atoms with Crippen LogP contribution in [0.1, 0.15) is 32.5 Å². The third kappa shape index (κ3) is 4.45. The van der Waals surface area contributed by atoms with E-state index in [9.17, 15) is 10.5 Å². The minimum atomic E-state index is 0.484. The van der Waals surface area contributed by atoms with Gasteiger partial charge in [0, 0.05) is 28.2 Å². The molecule has 3 aromatic carbocycles. The summed E-state index contributed by atoms with van der Waals surface area (Å²) in [5.74, 6) is 0. The van der Waals surface area contributed by atoms with Crippen molar-refractivity contribution >= 4 is 66.4 Å². The molecule has 0 aliphatic carbocycles. The summed E-state index contributed by atoms with van der Waals surface area (Å²) in [5, 5.41) is 21.7. The van der Waals surface area contributed by atoms with Crippen molar-refractivity contribution in [1.82, 2.24) is 14.5 Å². The van der Waals surface area contributed by atoms with Gasteiger partial charge in [-0.05, 0) is 62.4 Å². The zero-order chi connectivity index (χ0) is 26.9. The SMILES string of the molecule is Cc1c(/C=C(/C#N)c2nc3ccccc3s2)c(/C=C(/C#N)c2nc3ccccc3s2)c(C)n1-c1ccccc1. The summed E-state index contributed by atoms with van der Waals surface area (Å²) < 4.78 is 4.23. The first-order chi connectivity index (χ1) is 19.1. The van der Waals surface area contributed by atoms with Crippen molar-refractivity contribution < 1.29 is 0 Å². The maximum absolute atomic E-state index is 10.2. The van der Waals surface area contributed by atoms with Crippen molar-refractivity contribution in [2.75, 3.05) is 0 Å². The minimum absolute atomic E-state index is 0.484. The number of para-hydroxylation sites is 3. The fourth-order valence-electron chi connectivity index (χ4n) is 4.76. The van der Waals surface area contributed by atoms with Crippen LogP contribution in [0.2, 0.25) is 0 Å². The minimum Gasteiger partial charge on any atom is -0.317 e. The van der Waals surface area contributed by atoms with Gasteiger partial charge >= 0.3 is 0 Å². The fraction of sp³-hybridized carbons (Fsp3) is 0.0625. The van der Waals surface area contributed by atoms with Gasteiger partial charge in [0.1, 0.15) is 22.2 Å². The van der Waals surface area contributed by atoms with E-state index in [2.05, 4.69) is 28.8 Å². The first kappa shape index (κ1) is 24.5. The molecule has 0 radical (unpaired) electrons. The topological polar surface area (TPSA) is 78.3 Å². The number of nitriles is 2. The van der Waals surface area contributed by atoms with E-state index >= 15 is 0 Å².